The molecule has 0 heterocycles. The van der Waals surface area contributed by atoms with E-state index in [1.807, 2.05) is 36.4 Å². The minimum atomic E-state index is -0.129. The van der Waals surface area contributed by atoms with Gasteiger partial charge in [0.2, 0.25) is 0 Å². The summed E-state index contributed by atoms with van der Waals surface area (Å²) in [5.41, 5.74) is 3.17. The topological polar surface area (TPSA) is 26.3 Å². The third kappa shape index (κ3) is 11.3. The molecule has 2 fully saturated rings. The molecular formula is C39H54O2. The van der Waals surface area contributed by atoms with Crippen LogP contribution in [0.1, 0.15) is 158 Å². The summed E-state index contributed by atoms with van der Waals surface area (Å²) in [5, 5.41) is 0. The molecule has 2 nitrogen and oxygen atoms in total. The highest BCUT2D eigenvalue weighted by molar-refractivity contribution is 5.73. The largest absolute Gasteiger partial charge is 0.425 e. The van der Waals surface area contributed by atoms with Crippen LogP contribution in [-0.4, -0.2) is 5.97 Å². The van der Waals surface area contributed by atoms with Crippen LogP contribution in [0.4, 0.5) is 0 Å². The molecule has 0 spiro atoms. The van der Waals surface area contributed by atoms with Crippen molar-refractivity contribution in [3.8, 4) is 17.6 Å². The van der Waals surface area contributed by atoms with Crippen LogP contribution in [0.3, 0.4) is 0 Å². The molecule has 0 aromatic heterocycles. The van der Waals surface area contributed by atoms with E-state index < -0.39 is 0 Å². The van der Waals surface area contributed by atoms with Gasteiger partial charge in [-0.1, -0.05) is 133 Å². The predicted octanol–water partition coefficient (Wildman–Crippen LogP) is 11.2. The van der Waals surface area contributed by atoms with Crippen LogP contribution in [0.2, 0.25) is 0 Å². The second-order valence-electron chi connectivity index (χ2n) is 12.9. The number of ether oxygens (including phenoxy) is 1. The number of benzene rings is 2. The Bertz CT molecular complexity index is 1080. The maximum atomic E-state index is 12.8. The third-order valence-corrected chi connectivity index (χ3v) is 9.59. The smallest absolute Gasteiger partial charge is 0.311 e. The number of hydrogen-bond acceptors (Lipinski definition) is 2. The Morgan fingerprint density at radius 1 is 0.732 bits per heavy atom. The van der Waals surface area contributed by atoms with Gasteiger partial charge in [0, 0.05) is 12.0 Å². The lowest BCUT2D eigenvalue weighted by Gasteiger charge is -2.29. The van der Waals surface area contributed by atoms with Gasteiger partial charge in [0.15, 0.2) is 0 Å². The lowest BCUT2D eigenvalue weighted by atomic mass is 9.77. The Morgan fingerprint density at radius 2 is 1.39 bits per heavy atom. The van der Waals surface area contributed by atoms with Crippen LogP contribution in [0, 0.1) is 23.7 Å². The molecule has 0 unspecified atom stereocenters. The first-order valence-electron chi connectivity index (χ1n) is 17.1. The number of carbonyl (C=O) groups excluding carboxylic acids is 1. The molecule has 4 rings (SSSR count). The van der Waals surface area contributed by atoms with Crippen LogP contribution in [0.5, 0.6) is 5.75 Å². The van der Waals surface area contributed by atoms with E-state index in [-0.39, 0.29) is 5.97 Å². The summed E-state index contributed by atoms with van der Waals surface area (Å²) < 4.78 is 5.91. The van der Waals surface area contributed by atoms with Crippen LogP contribution >= 0.6 is 0 Å². The molecule has 0 aliphatic heterocycles. The summed E-state index contributed by atoms with van der Waals surface area (Å²) in [7, 11) is 0. The van der Waals surface area contributed by atoms with Gasteiger partial charge in [0.05, 0.1) is 5.56 Å². The van der Waals surface area contributed by atoms with Gasteiger partial charge in [0.25, 0.3) is 0 Å². The number of esters is 1. The highest BCUT2D eigenvalue weighted by Gasteiger charge is 2.23. The monoisotopic (exact) mass is 554 g/mol. The van der Waals surface area contributed by atoms with E-state index in [1.54, 1.807) is 0 Å². The van der Waals surface area contributed by atoms with E-state index >= 15 is 0 Å². The molecule has 0 radical (unpaired) electrons. The molecular weight excluding hydrogens is 500 g/mol. The fourth-order valence-electron chi connectivity index (χ4n) is 7.00. The van der Waals surface area contributed by atoms with E-state index in [9.17, 15) is 4.79 Å². The van der Waals surface area contributed by atoms with E-state index in [2.05, 4.69) is 30.9 Å². The summed E-state index contributed by atoms with van der Waals surface area (Å²) >= 11 is 0. The van der Waals surface area contributed by atoms with Crippen LogP contribution in [0.25, 0.3) is 0 Å². The van der Waals surface area contributed by atoms with Crippen molar-refractivity contribution >= 4 is 5.97 Å². The molecule has 0 atom stereocenters. The number of rotatable bonds is 15. The fourth-order valence-corrected chi connectivity index (χ4v) is 7.00. The quantitative estimate of drug-likeness (QED) is 0.0947. The van der Waals surface area contributed by atoms with Crippen molar-refractivity contribution in [3.63, 3.8) is 0 Å². The van der Waals surface area contributed by atoms with E-state index in [4.69, 9.17) is 4.74 Å². The lowest BCUT2D eigenvalue weighted by Crippen LogP contribution is -2.14. The first-order valence-corrected chi connectivity index (χ1v) is 17.1. The average Bonchev–Trinajstić information content (AvgIpc) is 3.53. The molecule has 222 valence electrons. The maximum Gasteiger partial charge on any atom is 0.311 e. The summed E-state index contributed by atoms with van der Waals surface area (Å²) in [6.07, 6.45) is 25.6. The zero-order chi connectivity index (χ0) is 28.5. The van der Waals surface area contributed by atoms with Crippen molar-refractivity contribution in [2.24, 2.45) is 11.8 Å². The highest BCUT2D eigenvalue weighted by atomic mass is 16.5. The molecule has 41 heavy (non-hydrogen) atoms. The molecule has 0 bridgehead atoms. The van der Waals surface area contributed by atoms with Crippen molar-refractivity contribution in [2.75, 3.05) is 0 Å². The van der Waals surface area contributed by atoms with Crippen molar-refractivity contribution in [3.05, 3.63) is 65.2 Å². The Morgan fingerprint density at radius 3 is 2.10 bits per heavy atom. The van der Waals surface area contributed by atoms with Gasteiger partial charge in [-0.25, -0.2) is 0 Å². The Hall–Kier alpha value is -2.53. The van der Waals surface area contributed by atoms with Crippen molar-refractivity contribution in [1.29, 1.82) is 0 Å². The fraction of sp³-hybridized carbons (Fsp3) is 0.615. The molecule has 0 amide bonds. The predicted molar refractivity (Wildman–Crippen MR) is 172 cm³/mol. The van der Waals surface area contributed by atoms with Gasteiger partial charge in [0.1, 0.15) is 5.75 Å². The molecule has 2 aliphatic rings. The van der Waals surface area contributed by atoms with Gasteiger partial charge in [-0.2, -0.15) is 0 Å². The maximum absolute atomic E-state index is 12.8. The van der Waals surface area contributed by atoms with Gasteiger partial charge in [-0.3, -0.25) is 4.79 Å². The molecule has 2 aromatic rings. The Kier molecular flexibility index (Phi) is 13.9. The van der Waals surface area contributed by atoms with Gasteiger partial charge < -0.3 is 4.74 Å². The Balaban J connectivity index is 1.29. The van der Waals surface area contributed by atoms with E-state index in [0.717, 1.165) is 35.8 Å². The van der Waals surface area contributed by atoms with Gasteiger partial charge in [-0.05, 0) is 79.7 Å². The van der Waals surface area contributed by atoms with Gasteiger partial charge in [-0.15, -0.1) is 0 Å². The molecule has 2 saturated carbocycles. The van der Waals surface area contributed by atoms with Crippen molar-refractivity contribution in [2.45, 2.75) is 141 Å². The van der Waals surface area contributed by atoms with E-state index in [1.165, 1.54) is 115 Å². The zero-order valence-corrected chi connectivity index (χ0v) is 25.8. The highest BCUT2D eigenvalue weighted by Crippen LogP contribution is 2.39. The second kappa shape index (κ2) is 18.1. The summed E-state index contributed by atoms with van der Waals surface area (Å²) in [5.74, 6) is 9.58. The van der Waals surface area contributed by atoms with Crippen molar-refractivity contribution in [1.82, 2.24) is 0 Å². The average molecular weight is 555 g/mol. The van der Waals surface area contributed by atoms with Crippen LogP contribution < -0.4 is 4.74 Å². The summed E-state index contributed by atoms with van der Waals surface area (Å²) in [4.78, 5) is 12.8. The molecule has 2 aromatic carbocycles. The zero-order valence-electron chi connectivity index (χ0n) is 25.8. The first-order chi connectivity index (χ1) is 20.2. The molecule has 2 heteroatoms. The summed E-state index contributed by atoms with van der Waals surface area (Å²) in [6.45, 7) is 2.29. The minimum absolute atomic E-state index is 0.129. The second-order valence-corrected chi connectivity index (χ2v) is 12.9. The summed E-state index contributed by atoms with van der Waals surface area (Å²) in [6, 6.07) is 16.5. The molecule has 2 aliphatic carbocycles. The Labute approximate surface area is 251 Å². The van der Waals surface area contributed by atoms with Crippen LogP contribution in [-0.2, 0) is 4.79 Å². The van der Waals surface area contributed by atoms with Crippen molar-refractivity contribution < 1.29 is 9.53 Å². The molecule has 0 N–H and O–H groups in total. The van der Waals surface area contributed by atoms with E-state index in [0.29, 0.717) is 18.1 Å². The van der Waals surface area contributed by atoms with Gasteiger partial charge >= 0.3 is 5.97 Å². The number of hydrogen-bond donors (Lipinski definition) is 0. The number of unbranched alkanes of at least 4 members (excludes halogenated alkanes) is 7. The lowest BCUT2D eigenvalue weighted by molar-refractivity contribution is -0.134. The molecule has 0 saturated heterocycles. The SMILES string of the molecule is CCCCCCC[C@H]1CC[C@H](c2ccc(OC(=O)CCCCCCC3CCCC3)c(C#Cc3ccccc3)c2)CC1. The normalized spacial score (nSPS) is 19.0. The number of carbonyl (C=O) groups is 1. The third-order valence-electron chi connectivity index (χ3n) is 9.59. The van der Waals surface area contributed by atoms with Crippen LogP contribution in [0.15, 0.2) is 48.5 Å². The first kappa shape index (κ1) is 31.4. The standard InChI is InChI=1S/C39H54O2/c1-2-3-4-5-9-19-34-23-26-35(27-24-34)36-29-30-38(37(31-36)28-25-33-17-11-8-12-18-33)41-39(40)22-13-7-6-10-16-32-20-14-15-21-32/h8,11-12,17-18,29-32,34-35H,2-7,9-10,13-16,19-24,26-27H2,1H3/t34-,35-. The minimum Gasteiger partial charge on any atom is -0.425 e.